The number of rotatable bonds is 7. The normalized spacial score (nSPS) is 13.1. The summed E-state index contributed by atoms with van der Waals surface area (Å²) < 4.78 is 44.7. The highest BCUT2D eigenvalue weighted by Crippen LogP contribution is 2.47. The molecule has 0 fully saturated rings. The topological polar surface area (TPSA) is 75.2 Å². The van der Waals surface area contributed by atoms with Crippen LogP contribution in [0.3, 0.4) is 0 Å². The second-order valence-electron chi connectivity index (χ2n) is 8.78. The van der Waals surface area contributed by atoms with Crippen molar-refractivity contribution in [3.05, 3.63) is 75.6 Å². The van der Waals surface area contributed by atoms with Gasteiger partial charge < -0.3 is 9.84 Å². The third-order valence-electron chi connectivity index (χ3n) is 5.02. The van der Waals surface area contributed by atoms with Gasteiger partial charge in [-0.05, 0) is 48.4 Å². The van der Waals surface area contributed by atoms with Crippen LogP contribution in [0.15, 0.2) is 47.4 Å². The summed E-state index contributed by atoms with van der Waals surface area (Å²) in [7, 11) is 0. The summed E-state index contributed by atoms with van der Waals surface area (Å²) in [4.78, 5) is 11.6. The molecule has 1 atom stereocenters. The van der Waals surface area contributed by atoms with Crippen LogP contribution in [0.1, 0.15) is 54.0 Å². The number of aliphatic carboxylic acids is 1. The second kappa shape index (κ2) is 9.92. The van der Waals surface area contributed by atoms with Crippen LogP contribution in [0.2, 0.25) is 5.15 Å². The minimum atomic E-state index is -4.44. The quantitative estimate of drug-likeness (QED) is 0.332. The standard InChI is InChI=1S/C24H24ClF3N2O3S/c1-13-11-16(9-10-17(13)33-12-18(31)32)34-20(14-5-7-15(8-6-14)24(26,27)28)19-21(23(2,3)4)29-30-22(19)25/h5-11,20H,12H2,1-4H3,(H,29,30)(H,31,32). The van der Waals surface area contributed by atoms with Gasteiger partial charge >= 0.3 is 12.1 Å². The summed E-state index contributed by atoms with van der Waals surface area (Å²) in [5, 5.41) is 15.9. The lowest BCUT2D eigenvalue weighted by Gasteiger charge is -2.24. The summed E-state index contributed by atoms with van der Waals surface area (Å²) >= 11 is 7.91. The van der Waals surface area contributed by atoms with Crippen LogP contribution in [0, 0.1) is 6.92 Å². The average molecular weight is 513 g/mol. The van der Waals surface area contributed by atoms with Gasteiger partial charge in [-0.3, -0.25) is 5.10 Å². The van der Waals surface area contributed by atoms with Crippen molar-refractivity contribution in [1.82, 2.24) is 10.2 Å². The monoisotopic (exact) mass is 512 g/mol. The Kier molecular flexibility index (Phi) is 7.57. The van der Waals surface area contributed by atoms with Gasteiger partial charge in [0.2, 0.25) is 0 Å². The van der Waals surface area contributed by atoms with Crippen LogP contribution in [0.4, 0.5) is 13.2 Å². The molecule has 0 amide bonds. The molecule has 2 N–H and O–H groups in total. The number of carbonyl (C=O) groups is 1. The Balaban J connectivity index is 2.04. The molecule has 182 valence electrons. The number of aromatic nitrogens is 2. The van der Waals surface area contributed by atoms with Crippen LogP contribution in [-0.4, -0.2) is 27.9 Å². The van der Waals surface area contributed by atoms with Crippen molar-refractivity contribution >= 4 is 29.3 Å². The van der Waals surface area contributed by atoms with Crippen molar-refractivity contribution in [3.8, 4) is 5.75 Å². The van der Waals surface area contributed by atoms with E-state index in [1.54, 1.807) is 19.1 Å². The van der Waals surface area contributed by atoms with Crippen LogP contribution in [-0.2, 0) is 16.4 Å². The SMILES string of the molecule is Cc1cc(SC(c2ccc(C(F)(F)F)cc2)c2c(C(C)(C)C)n[nH]c2Cl)ccc1OCC(=O)O. The molecule has 0 aliphatic rings. The van der Waals surface area contributed by atoms with E-state index in [1.165, 1.54) is 23.9 Å². The van der Waals surface area contributed by atoms with E-state index in [2.05, 4.69) is 10.2 Å². The first-order valence-electron chi connectivity index (χ1n) is 10.3. The van der Waals surface area contributed by atoms with E-state index in [0.717, 1.165) is 22.6 Å². The van der Waals surface area contributed by atoms with Gasteiger partial charge in [0.25, 0.3) is 0 Å². The van der Waals surface area contributed by atoms with E-state index in [-0.39, 0.29) is 5.41 Å². The third kappa shape index (κ3) is 6.07. The number of nitrogens with one attached hydrogen (secondary N) is 1. The lowest BCUT2D eigenvalue weighted by Crippen LogP contribution is -2.16. The van der Waals surface area contributed by atoms with Crippen molar-refractivity contribution in [2.75, 3.05) is 6.61 Å². The fourth-order valence-electron chi connectivity index (χ4n) is 3.41. The predicted octanol–water partition coefficient (Wildman–Crippen LogP) is 7.03. The van der Waals surface area contributed by atoms with E-state index in [4.69, 9.17) is 21.4 Å². The number of aryl methyl sites for hydroxylation is 1. The Labute approximate surface area is 204 Å². The number of hydrogen-bond acceptors (Lipinski definition) is 4. The fraction of sp³-hybridized carbons (Fsp3) is 0.333. The van der Waals surface area contributed by atoms with Crippen molar-refractivity contribution < 1.29 is 27.8 Å². The van der Waals surface area contributed by atoms with Gasteiger partial charge in [-0.1, -0.05) is 44.5 Å². The third-order valence-corrected chi connectivity index (χ3v) is 6.58. The molecule has 34 heavy (non-hydrogen) atoms. The Morgan fingerprint density at radius 2 is 1.82 bits per heavy atom. The van der Waals surface area contributed by atoms with Crippen molar-refractivity contribution in [2.24, 2.45) is 0 Å². The molecule has 1 aromatic heterocycles. The zero-order valence-electron chi connectivity index (χ0n) is 19.0. The van der Waals surface area contributed by atoms with Crippen LogP contribution in [0.5, 0.6) is 5.75 Å². The summed E-state index contributed by atoms with van der Waals surface area (Å²) in [6, 6.07) is 10.3. The van der Waals surface area contributed by atoms with Gasteiger partial charge in [0.1, 0.15) is 10.9 Å². The molecule has 3 rings (SSSR count). The highest BCUT2D eigenvalue weighted by molar-refractivity contribution is 7.99. The summed E-state index contributed by atoms with van der Waals surface area (Å²) in [6.07, 6.45) is -4.44. The molecule has 0 aliphatic carbocycles. The highest BCUT2D eigenvalue weighted by Gasteiger charge is 2.33. The number of alkyl halides is 3. The predicted molar refractivity (Wildman–Crippen MR) is 126 cm³/mol. The van der Waals surface area contributed by atoms with Crippen molar-refractivity contribution in [2.45, 2.75) is 49.4 Å². The Hall–Kier alpha value is -2.65. The first-order chi connectivity index (χ1) is 15.8. The maximum Gasteiger partial charge on any atom is 0.416 e. The van der Waals surface area contributed by atoms with E-state index in [9.17, 15) is 18.0 Å². The maximum absolute atomic E-state index is 13.1. The maximum atomic E-state index is 13.1. The molecular formula is C24H24ClF3N2O3S. The van der Waals surface area contributed by atoms with Crippen LogP contribution in [0.25, 0.3) is 0 Å². The zero-order valence-corrected chi connectivity index (χ0v) is 20.5. The molecule has 0 saturated carbocycles. The molecule has 0 bridgehead atoms. The number of H-pyrrole nitrogens is 1. The van der Waals surface area contributed by atoms with Gasteiger partial charge in [0.15, 0.2) is 6.61 Å². The molecular weight excluding hydrogens is 489 g/mol. The Morgan fingerprint density at radius 1 is 1.18 bits per heavy atom. The summed E-state index contributed by atoms with van der Waals surface area (Å²) in [5.74, 6) is -0.640. The van der Waals surface area contributed by atoms with Crippen molar-refractivity contribution in [1.29, 1.82) is 0 Å². The number of halogens is 4. The minimum absolute atomic E-state index is 0.320. The molecule has 10 heteroatoms. The molecule has 1 heterocycles. The van der Waals surface area contributed by atoms with Gasteiger partial charge in [-0.2, -0.15) is 18.3 Å². The first-order valence-corrected chi connectivity index (χ1v) is 11.6. The van der Waals surface area contributed by atoms with Crippen LogP contribution >= 0.6 is 23.4 Å². The molecule has 0 radical (unpaired) electrons. The number of ether oxygens (including phenoxy) is 1. The number of hydrogen-bond donors (Lipinski definition) is 2. The van der Waals surface area contributed by atoms with E-state index in [1.807, 2.05) is 26.8 Å². The number of carboxylic acid groups (broad SMARTS) is 1. The minimum Gasteiger partial charge on any atom is -0.482 e. The number of benzene rings is 2. The number of aromatic amines is 1. The zero-order chi connectivity index (χ0) is 25.3. The molecule has 0 saturated heterocycles. The van der Waals surface area contributed by atoms with Gasteiger partial charge in [0.05, 0.1) is 16.5 Å². The lowest BCUT2D eigenvalue weighted by molar-refractivity contribution is -0.139. The van der Waals surface area contributed by atoms with E-state index < -0.39 is 29.6 Å². The lowest BCUT2D eigenvalue weighted by atomic mass is 9.87. The molecule has 0 aliphatic heterocycles. The van der Waals surface area contributed by atoms with Gasteiger partial charge in [-0.25, -0.2) is 4.79 Å². The van der Waals surface area contributed by atoms with Gasteiger partial charge in [0, 0.05) is 15.9 Å². The number of thioether (sulfide) groups is 1. The fourth-order valence-corrected chi connectivity index (χ4v) is 5.02. The van der Waals surface area contributed by atoms with Crippen LogP contribution < -0.4 is 4.74 Å². The van der Waals surface area contributed by atoms with Crippen molar-refractivity contribution in [3.63, 3.8) is 0 Å². The molecule has 5 nitrogen and oxygen atoms in total. The Bertz CT molecular complexity index is 1170. The first kappa shape index (κ1) is 26.0. The average Bonchev–Trinajstić information content (AvgIpc) is 3.12. The molecule has 2 aromatic carbocycles. The van der Waals surface area contributed by atoms with E-state index >= 15 is 0 Å². The summed E-state index contributed by atoms with van der Waals surface area (Å²) in [6.45, 7) is 7.28. The van der Waals surface area contributed by atoms with E-state index in [0.29, 0.717) is 27.7 Å². The number of carboxylic acids is 1. The smallest absolute Gasteiger partial charge is 0.416 e. The highest BCUT2D eigenvalue weighted by atomic mass is 35.5. The second-order valence-corrected chi connectivity index (χ2v) is 10.3. The van der Waals surface area contributed by atoms with Gasteiger partial charge in [-0.15, -0.1) is 11.8 Å². The number of nitrogens with zero attached hydrogens (tertiary/aromatic N) is 1. The largest absolute Gasteiger partial charge is 0.482 e. The molecule has 3 aromatic rings. The molecule has 0 spiro atoms. The Morgan fingerprint density at radius 3 is 2.35 bits per heavy atom. The molecule has 1 unspecified atom stereocenters. The summed E-state index contributed by atoms with van der Waals surface area (Å²) in [5.41, 5.74) is 1.68.